The van der Waals surface area contributed by atoms with Gasteiger partial charge in [0, 0.05) is 103 Å². The highest BCUT2D eigenvalue weighted by atomic mass is 79.9. The Hall–Kier alpha value is -5.88. The van der Waals surface area contributed by atoms with E-state index in [9.17, 15) is 13.2 Å². The normalized spacial score (nSPS) is 19.3. The number of amides is 1. The zero-order valence-corrected chi connectivity index (χ0v) is 40.4. The Labute approximate surface area is 388 Å². The maximum Gasteiger partial charge on any atom is 0.410 e. The Morgan fingerprint density at radius 2 is 1.22 bits per heavy atom. The summed E-state index contributed by atoms with van der Waals surface area (Å²) in [5, 5.41) is 17.5. The summed E-state index contributed by atoms with van der Waals surface area (Å²) in [7, 11) is -3.75. The van der Waals surface area contributed by atoms with Crippen LogP contribution in [0.5, 0.6) is 0 Å². The number of piperazine rings is 2. The molecule has 7 aromatic rings. The van der Waals surface area contributed by atoms with Crippen molar-refractivity contribution in [1.82, 2.24) is 39.4 Å². The van der Waals surface area contributed by atoms with Gasteiger partial charge in [-0.3, -0.25) is 0 Å². The number of aromatic nitrogens is 6. The molecule has 3 N–H and O–H groups in total. The number of anilines is 2. The van der Waals surface area contributed by atoms with E-state index in [1.807, 2.05) is 57.4 Å². The van der Waals surface area contributed by atoms with Crippen LogP contribution in [-0.2, 0) is 14.8 Å². The summed E-state index contributed by atoms with van der Waals surface area (Å²) in [5.74, 6) is 0. The van der Waals surface area contributed by atoms with Gasteiger partial charge in [0.05, 0.1) is 21.8 Å². The fraction of sp³-hybridized carbons (Fsp3) is 0.354. The molecule has 0 aliphatic carbocycles. The summed E-state index contributed by atoms with van der Waals surface area (Å²) in [6, 6.07) is 23.2. The van der Waals surface area contributed by atoms with Crippen LogP contribution in [0.25, 0.3) is 44.7 Å². The van der Waals surface area contributed by atoms with Crippen molar-refractivity contribution < 1.29 is 17.9 Å². The van der Waals surface area contributed by atoms with Crippen LogP contribution in [0.1, 0.15) is 54.0 Å². The summed E-state index contributed by atoms with van der Waals surface area (Å²) in [6.07, 6.45) is 10.9. The Morgan fingerprint density at radius 1 is 0.708 bits per heavy atom. The summed E-state index contributed by atoms with van der Waals surface area (Å²) >= 11 is 3.46. The number of sulfonamides is 1. The van der Waals surface area contributed by atoms with Gasteiger partial charge in [-0.25, -0.2) is 37.4 Å². The smallest absolute Gasteiger partial charge is 0.410 e. The van der Waals surface area contributed by atoms with Crippen LogP contribution < -0.4 is 20.3 Å². The zero-order valence-electron chi connectivity index (χ0n) is 38.0. The van der Waals surface area contributed by atoms with Crippen molar-refractivity contribution in [2.45, 2.75) is 90.1 Å². The molecule has 4 atom stereocenters. The Bertz CT molecular complexity index is 2930. The molecule has 4 aromatic heterocycles. The Balaban J connectivity index is 0.000000178. The van der Waals surface area contributed by atoms with E-state index in [2.05, 4.69) is 127 Å². The minimum atomic E-state index is -3.75. The average molecular weight is 963 g/mol. The highest BCUT2D eigenvalue weighted by molar-refractivity contribution is 9.10. The molecule has 2 saturated heterocycles. The Morgan fingerprint density at radius 3 is 1.74 bits per heavy atom. The molecule has 65 heavy (non-hydrogen) atoms. The summed E-state index contributed by atoms with van der Waals surface area (Å²) in [4.78, 5) is 28.4. The average Bonchev–Trinajstić information content (AvgIpc) is 3.85. The number of aryl methyl sites for hydroxylation is 1. The molecule has 340 valence electrons. The number of carbonyl (C=O) groups excluding carboxylic acids is 1. The number of nitrogens with zero attached hydrogens (tertiary/aromatic N) is 9. The molecule has 2 aliphatic rings. The fourth-order valence-corrected chi connectivity index (χ4v) is 9.90. The third-order valence-electron chi connectivity index (χ3n) is 11.9. The van der Waals surface area contributed by atoms with E-state index in [1.54, 1.807) is 33.6 Å². The molecule has 6 heterocycles. The first-order chi connectivity index (χ1) is 30.8. The van der Waals surface area contributed by atoms with Crippen molar-refractivity contribution in [2.75, 3.05) is 36.0 Å². The van der Waals surface area contributed by atoms with Crippen molar-refractivity contribution in [3.8, 4) is 33.4 Å². The van der Waals surface area contributed by atoms with Crippen LogP contribution in [0.3, 0.4) is 0 Å². The van der Waals surface area contributed by atoms with E-state index in [-0.39, 0.29) is 23.1 Å². The molecule has 17 heteroatoms. The standard InChI is InChI=1S/C25H28N6O2S.C23H28BrN5O2/c1-16-10-22(34(26,32)33)8-9-23(16)24-14-29-30-15-20(13-28-25(24)30)19-4-6-21(7-5-19)31-17(2)11-27-12-18(31)3;1-15-12-27(22(30)31-23(3,4)5)13-16(2)29(15)19-8-6-17(7-9-19)18-10-25-21-20(24)11-26-28(21)14-18/h4-10,13-15,17-18,27H,11-12H2,1-3H3,(H2,26,32,33);6-11,14-16H,12-13H2,1-5H3/t17-,18+;15-,16+. The number of carbonyl (C=O) groups is 1. The lowest BCUT2D eigenvalue weighted by Gasteiger charge is -2.45. The van der Waals surface area contributed by atoms with Crippen LogP contribution in [0.4, 0.5) is 16.2 Å². The maximum absolute atomic E-state index is 12.5. The van der Waals surface area contributed by atoms with E-state index < -0.39 is 15.6 Å². The first kappa shape index (κ1) is 45.7. The predicted molar refractivity (Wildman–Crippen MR) is 260 cm³/mol. The highest BCUT2D eigenvalue weighted by Crippen LogP contribution is 2.32. The van der Waals surface area contributed by atoms with E-state index in [0.717, 1.165) is 67.8 Å². The van der Waals surface area contributed by atoms with Crippen molar-refractivity contribution >= 4 is 54.7 Å². The monoisotopic (exact) mass is 961 g/mol. The predicted octanol–water partition coefficient (Wildman–Crippen LogP) is 8.20. The molecule has 0 bridgehead atoms. The molecule has 9 rings (SSSR count). The molecule has 2 aliphatic heterocycles. The fourth-order valence-electron chi connectivity index (χ4n) is 8.92. The van der Waals surface area contributed by atoms with E-state index in [0.29, 0.717) is 30.8 Å². The van der Waals surface area contributed by atoms with Crippen LogP contribution >= 0.6 is 15.9 Å². The topological polar surface area (TPSA) is 169 Å². The second kappa shape index (κ2) is 18.2. The number of nitrogens with two attached hydrogens (primary N) is 1. The maximum atomic E-state index is 12.5. The second-order valence-corrected chi connectivity index (χ2v) is 20.6. The van der Waals surface area contributed by atoms with E-state index >= 15 is 0 Å². The number of halogens is 1. The number of hydrogen-bond acceptors (Lipinski definition) is 11. The third-order valence-corrected chi connectivity index (χ3v) is 13.4. The molecule has 0 unspecified atom stereocenters. The third kappa shape index (κ3) is 9.88. The van der Waals surface area contributed by atoms with E-state index in [1.165, 1.54) is 11.8 Å². The van der Waals surface area contributed by atoms with Gasteiger partial charge in [0.15, 0.2) is 11.3 Å². The summed E-state index contributed by atoms with van der Waals surface area (Å²) in [5.41, 5.74) is 10.00. The van der Waals surface area contributed by atoms with Crippen LogP contribution in [0, 0.1) is 6.92 Å². The van der Waals surface area contributed by atoms with Crippen molar-refractivity contribution in [3.05, 3.63) is 114 Å². The lowest BCUT2D eigenvalue weighted by atomic mass is 10.0. The molecule has 0 spiro atoms. The van der Waals surface area contributed by atoms with Gasteiger partial charge in [0.25, 0.3) is 0 Å². The molecule has 1 amide bonds. The summed E-state index contributed by atoms with van der Waals surface area (Å²) in [6.45, 7) is 19.6. The van der Waals surface area contributed by atoms with Gasteiger partial charge in [-0.15, -0.1) is 0 Å². The number of nitrogens with one attached hydrogen (secondary N) is 1. The number of hydrogen-bond donors (Lipinski definition) is 2. The molecule has 2 fully saturated rings. The van der Waals surface area contributed by atoms with Gasteiger partial charge in [-0.2, -0.15) is 10.2 Å². The van der Waals surface area contributed by atoms with Crippen LogP contribution in [-0.4, -0.2) is 105 Å². The molecule has 15 nitrogen and oxygen atoms in total. The van der Waals surface area contributed by atoms with Gasteiger partial charge in [-0.1, -0.05) is 30.3 Å². The number of primary sulfonamides is 1. The lowest BCUT2D eigenvalue weighted by molar-refractivity contribution is 0.0193. The van der Waals surface area contributed by atoms with Gasteiger partial charge in [0.2, 0.25) is 10.0 Å². The largest absolute Gasteiger partial charge is 0.444 e. The van der Waals surface area contributed by atoms with Crippen molar-refractivity contribution in [2.24, 2.45) is 5.14 Å². The van der Waals surface area contributed by atoms with Crippen LogP contribution in [0.2, 0.25) is 0 Å². The van der Waals surface area contributed by atoms with Crippen molar-refractivity contribution in [1.29, 1.82) is 0 Å². The first-order valence-electron chi connectivity index (χ1n) is 21.8. The number of rotatable bonds is 6. The Kier molecular flexibility index (Phi) is 12.8. The van der Waals surface area contributed by atoms with Gasteiger partial charge in [0.1, 0.15) is 5.60 Å². The minimum absolute atomic E-state index is 0.0912. The molecular formula is C48H56BrN11O4S. The molecule has 0 saturated carbocycles. The van der Waals surface area contributed by atoms with Crippen LogP contribution in [0.15, 0.2) is 113 Å². The SMILES string of the molecule is C[C@@H]1CN(C(=O)OC(C)(C)C)C[C@H](C)N1c1ccc(-c2cnc3c(Br)cnn3c2)cc1.Cc1cc(S(N)(=O)=O)ccc1-c1cnn2cc(-c3ccc(N4[C@H](C)CNC[C@@H]4C)cc3)cnc12. The molecule has 0 radical (unpaired) electrons. The second-order valence-electron chi connectivity index (χ2n) is 18.1. The molecular weight excluding hydrogens is 907 g/mol. The number of benzene rings is 3. The zero-order chi connectivity index (χ0) is 46.4. The molecule has 3 aromatic carbocycles. The quantitative estimate of drug-likeness (QED) is 0.165. The number of ether oxygens (including phenoxy) is 1. The van der Waals surface area contributed by atoms with Gasteiger partial charge in [-0.05, 0) is 130 Å². The lowest BCUT2D eigenvalue weighted by Crippen LogP contribution is -2.58. The van der Waals surface area contributed by atoms with Gasteiger partial charge < -0.3 is 24.8 Å². The van der Waals surface area contributed by atoms with E-state index in [4.69, 9.17) is 9.88 Å². The summed E-state index contributed by atoms with van der Waals surface area (Å²) < 4.78 is 33.3. The highest BCUT2D eigenvalue weighted by Gasteiger charge is 2.34. The first-order valence-corrected chi connectivity index (χ1v) is 24.1. The minimum Gasteiger partial charge on any atom is -0.444 e. The van der Waals surface area contributed by atoms with Gasteiger partial charge >= 0.3 is 6.09 Å². The van der Waals surface area contributed by atoms with Crippen molar-refractivity contribution in [3.63, 3.8) is 0 Å². The number of fused-ring (bicyclic) bond motifs is 2.